The van der Waals surface area contributed by atoms with Gasteiger partial charge in [0.25, 0.3) is 11.1 Å². The van der Waals surface area contributed by atoms with Gasteiger partial charge in [-0.05, 0) is 86.2 Å². The average Bonchev–Trinajstić information content (AvgIpc) is 3.97. The van der Waals surface area contributed by atoms with E-state index in [1.807, 2.05) is 60.7 Å². The molecule has 14 heteroatoms. The Bertz CT molecular complexity index is 2560. The summed E-state index contributed by atoms with van der Waals surface area (Å²) in [4.78, 5) is 64.2. The molecular weight excluding hydrogens is 685 g/mol. The van der Waals surface area contributed by atoms with Crippen molar-refractivity contribution in [2.45, 2.75) is 90.6 Å². The van der Waals surface area contributed by atoms with Gasteiger partial charge in [0.15, 0.2) is 22.3 Å². The Hall–Kier alpha value is -5.66. The van der Waals surface area contributed by atoms with Crippen LogP contribution in [0.3, 0.4) is 0 Å². The van der Waals surface area contributed by atoms with Crippen molar-refractivity contribution in [1.82, 2.24) is 37.8 Å². The van der Waals surface area contributed by atoms with Crippen LogP contribution in [0, 0.1) is 23.7 Å². The zero-order valence-corrected chi connectivity index (χ0v) is 30.3. The van der Waals surface area contributed by atoms with Crippen LogP contribution in [-0.4, -0.2) is 37.8 Å². The lowest BCUT2D eigenvalue weighted by atomic mass is 10.2. The van der Waals surface area contributed by atoms with Gasteiger partial charge in [-0.25, -0.2) is 9.59 Å². The third kappa shape index (κ3) is 7.16. The topological polar surface area (TPSA) is 173 Å². The number of nitrogens with zero attached hydrogens (tertiary/aromatic N) is 7. The van der Waals surface area contributed by atoms with Crippen molar-refractivity contribution in [2.75, 3.05) is 11.1 Å². The van der Waals surface area contributed by atoms with Crippen LogP contribution < -0.4 is 33.5 Å². The quantitative estimate of drug-likeness (QED) is 0.159. The van der Waals surface area contributed by atoms with E-state index in [9.17, 15) is 19.2 Å². The SMILES string of the molecule is Nc1nc2c(c(=O)n(CC3CC3)c(=O)n2CC2CC2)n1Cc1ccccc1.O=c1c2[nH]c(NCc3ccccc3)nc2n(CC2CC2)c(=O)n1CC1CC1. The Morgan fingerprint density at radius 1 is 0.593 bits per heavy atom. The van der Waals surface area contributed by atoms with E-state index in [2.05, 4.69) is 20.3 Å². The summed E-state index contributed by atoms with van der Waals surface area (Å²) in [6.45, 7) is 3.33. The molecule has 2 aromatic carbocycles. The normalized spacial score (nSPS) is 16.8. The molecule has 4 heterocycles. The molecule has 0 bridgehead atoms. The number of hydrogen-bond acceptors (Lipinski definition) is 8. The van der Waals surface area contributed by atoms with E-state index in [1.165, 1.54) is 9.13 Å². The number of nitrogen functional groups attached to an aromatic ring is 1. The van der Waals surface area contributed by atoms with Gasteiger partial charge < -0.3 is 20.6 Å². The van der Waals surface area contributed by atoms with Crippen molar-refractivity contribution in [2.24, 2.45) is 23.7 Å². The molecule has 280 valence electrons. The highest BCUT2D eigenvalue weighted by molar-refractivity contribution is 5.74. The second kappa shape index (κ2) is 14.0. The molecule has 0 amide bonds. The van der Waals surface area contributed by atoms with Crippen LogP contribution in [0.25, 0.3) is 22.3 Å². The second-order valence-electron chi connectivity index (χ2n) is 15.7. The molecule has 54 heavy (non-hydrogen) atoms. The monoisotopic (exact) mass is 730 g/mol. The zero-order chi connectivity index (χ0) is 36.9. The number of aromatic nitrogens is 8. The van der Waals surface area contributed by atoms with E-state index in [1.54, 1.807) is 13.7 Å². The maximum absolute atomic E-state index is 13.2. The summed E-state index contributed by atoms with van der Waals surface area (Å²) in [7, 11) is 0. The minimum Gasteiger partial charge on any atom is -0.369 e. The molecule has 0 saturated heterocycles. The summed E-state index contributed by atoms with van der Waals surface area (Å²) in [5.74, 6) is 2.72. The fraction of sp³-hybridized carbons (Fsp3) is 0.450. The van der Waals surface area contributed by atoms with E-state index in [0.717, 1.165) is 62.5 Å². The molecule has 4 N–H and O–H groups in total. The predicted molar refractivity (Wildman–Crippen MR) is 207 cm³/mol. The zero-order valence-electron chi connectivity index (χ0n) is 30.3. The number of nitrogens with two attached hydrogens (primary N) is 1. The third-order valence-electron chi connectivity index (χ3n) is 11.0. The van der Waals surface area contributed by atoms with Gasteiger partial charge in [0.1, 0.15) is 0 Å². The van der Waals surface area contributed by atoms with Crippen molar-refractivity contribution in [3.05, 3.63) is 113 Å². The molecule has 0 radical (unpaired) electrons. The van der Waals surface area contributed by atoms with Gasteiger partial charge >= 0.3 is 11.4 Å². The molecule has 0 aliphatic heterocycles. The van der Waals surface area contributed by atoms with Crippen LogP contribution in [0.1, 0.15) is 62.5 Å². The van der Waals surface area contributed by atoms with Gasteiger partial charge in [-0.1, -0.05) is 60.7 Å². The summed E-state index contributed by atoms with van der Waals surface area (Å²) in [5.41, 5.74) is 9.13. The smallest absolute Gasteiger partial charge is 0.332 e. The van der Waals surface area contributed by atoms with Gasteiger partial charge in [0.05, 0.1) is 6.54 Å². The average molecular weight is 731 g/mol. The minimum atomic E-state index is -0.269. The predicted octanol–water partition coefficient (Wildman–Crippen LogP) is 4.13. The summed E-state index contributed by atoms with van der Waals surface area (Å²) in [6.07, 6.45) is 8.87. The molecule has 0 spiro atoms. The van der Waals surface area contributed by atoms with Crippen molar-refractivity contribution in [3.8, 4) is 0 Å². The van der Waals surface area contributed by atoms with Crippen LogP contribution in [-0.2, 0) is 39.3 Å². The first-order valence-electron chi connectivity index (χ1n) is 19.3. The lowest BCUT2D eigenvalue weighted by Crippen LogP contribution is -2.41. The van der Waals surface area contributed by atoms with Gasteiger partial charge in [-0.3, -0.25) is 27.9 Å². The van der Waals surface area contributed by atoms with Crippen LogP contribution >= 0.6 is 0 Å². The molecule has 6 aromatic rings. The number of fused-ring (bicyclic) bond motifs is 2. The molecule has 4 fully saturated rings. The first-order chi connectivity index (χ1) is 26.3. The second-order valence-corrected chi connectivity index (χ2v) is 15.7. The molecule has 0 unspecified atom stereocenters. The summed E-state index contributed by atoms with van der Waals surface area (Å²) in [6, 6.07) is 19.9. The van der Waals surface area contributed by atoms with E-state index in [-0.39, 0.29) is 28.4 Å². The van der Waals surface area contributed by atoms with Crippen molar-refractivity contribution < 1.29 is 0 Å². The molecule has 4 aliphatic carbocycles. The Balaban J connectivity index is 0.000000142. The number of imidazole rings is 2. The van der Waals surface area contributed by atoms with E-state index < -0.39 is 0 Å². The van der Waals surface area contributed by atoms with Gasteiger partial charge in [0.2, 0.25) is 11.9 Å². The van der Waals surface area contributed by atoms with Crippen LogP contribution in [0.5, 0.6) is 0 Å². The number of anilines is 2. The Morgan fingerprint density at radius 3 is 1.61 bits per heavy atom. The van der Waals surface area contributed by atoms with Gasteiger partial charge in [0, 0.05) is 32.7 Å². The Labute approximate surface area is 310 Å². The molecule has 4 aromatic heterocycles. The minimum absolute atomic E-state index is 0.215. The summed E-state index contributed by atoms with van der Waals surface area (Å²) < 4.78 is 7.93. The van der Waals surface area contributed by atoms with E-state index >= 15 is 0 Å². The van der Waals surface area contributed by atoms with Gasteiger partial charge in [-0.15, -0.1) is 0 Å². The van der Waals surface area contributed by atoms with E-state index in [0.29, 0.717) is 91.2 Å². The highest BCUT2D eigenvalue weighted by Gasteiger charge is 2.31. The largest absolute Gasteiger partial charge is 0.369 e. The van der Waals surface area contributed by atoms with Gasteiger partial charge in [-0.2, -0.15) is 9.97 Å². The van der Waals surface area contributed by atoms with Crippen LogP contribution in [0.15, 0.2) is 79.8 Å². The number of nitrogens with one attached hydrogen (secondary N) is 2. The summed E-state index contributed by atoms with van der Waals surface area (Å²) in [5, 5.41) is 3.24. The number of hydrogen-bond donors (Lipinski definition) is 3. The Morgan fingerprint density at radius 2 is 1.07 bits per heavy atom. The standard InChI is InChI=1S/2C20H23N5O2/c21-19-22-17-16(23(19)10-13-4-2-1-3-5-13)18(26)25(12-15-8-9-15)20(27)24(17)11-14-6-7-14;26-18-16-17(23-19(22-16)21-10-13-4-2-1-3-5-13)24(11-14-6-7-14)20(27)25(18)12-15-8-9-15/h1-5,14-15H,6-12H2,(H2,21,22);1-5,14-15H,6-12H2,(H2,21,22,23). The molecule has 4 saturated carbocycles. The number of H-pyrrole nitrogens is 1. The molecule has 14 nitrogen and oxygen atoms in total. The first kappa shape index (κ1) is 34.1. The van der Waals surface area contributed by atoms with Crippen molar-refractivity contribution in [3.63, 3.8) is 0 Å². The lowest BCUT2D eigenvalue weighted by Gasteiger charge is -2.12. The van der Waals surface area contributed by atoms with E-state index in [4.69, 9.17) is 5.73 Å². The third-order valence-corrected chi connectivity index (χ3v) is 11.0. The highest BCUT2D eigenvalue weighted by atomic mass is 16.2. The Kier molecular flexibility index (Phi) is 8.82. The number of rotatable bonds is 13. The first-order valence-corrected chi connectivity index (χ1v) is 19.3. The molecule has 0 atom stereocenters. The van der Waals surface area contributed by atoms with Crippen LogP contribution in [0.2, 0.25) is 0 Å². The van der Waals surface area contributed by atoms with Crippen molar-refractivity contribution in [1.29, 1.82) is 0 Å². The number of benzene rings is 2. The maximum Gasteiger partial charge on any atom is 0.332 e. The van der Waals surface area contributed by atoms with Crippen molar-refractivity contribution >= 4 is 34.2 Å². The molecule has 4 aliphatic rings. The molecular formula is C40H46N10O4. The number of aromatic amines is 1. The van der Waals surface area contributed by atoms with Crippen LogP contribution in [0.4, 0.5) is 11.9 Å². The molecule has 10 rings (SSSR count). The lowest BCUT2D eigenvalue weighted by molar-refractivity contribution is 0.519. The fourth-order valence-electron chi connectivity index (χ4n) is 7.15. The highest BCUT2D eigenvalue weighted by Crippen LogP contribution is 2.33. The summed E-state index contributed by atoms with van der Waals surface area (Å²) >= 11 is 0. The maximum atomic E-state index is 13.2. The fourth-order valence-corrected chi connectivity index (χ4v) is 7.15.